The first-order chi connectivity index (χ1) is 16.1. The van der Waals surface area contributed by atoms with Crippen LogP contribution in [0.1, 0.15) is 31.2 Å². The lowest BCUT2D eigenvalue weighted by Crippen LogP contribution is -2.05. The van der Waals surface area contributed by atoms with E-state index in [9.17, 15) is 0 Å². The molecule has 2 aromatic heterocycles. The number of aromatic amines is 1. The van der Waals surface area contributed by atoms with E-state index in [1.807, 2.05) is 47.1 Å². The van der Waals surface area contributed by atoms with Crippen molar-refractivity contribution in [3.8, 4) is 33.9 Å². The molecule has 0 aliphatic carbocycles. The van der Waals surface area contributed by atoms with E-state index in [-0.39, 0.29) is 5.92 Å². The minimum absolute atomic E-state index is 0.239. The molecule has 0 aliphatic heterocycles. The van der Waals surface area contributed by atoms with E-state index in [0.717, 1.165) is 45.2 Å². The Morgan fingerprint density at radius 1 is 0.879 bits per heavy atom. The smallest absolute Gasteiger partial charge is 0.180 e. The maximum absolute atomic E-state index is 5.87. The van der Waals surface area contributed by atoms with E-state index in [0.29, 0.717) is 12.4 Å². The topological polar surface area (TPSA) is 111 Å². The van der Waals surface area contributed by atoms with E-state index in [2.05, 4.69) is 64.8 Å². The highest BCUT2D eigenvalue weighted by molar-refractivity contribution is 5.80. The molecule has 0 spiro atoms. The van der Waals surface area contributed by atoms with Crippen molar-refractivity contribution in [1.29, 1.82) is 0 Å². The minimum atomic E-state index is 0.239. The Kier molecular flexibility index (Phi) is 5.40. The number of nitrogens with one attached hydrogen (secondary N) is 1. The van der Waals surface area contributed by atoms with E-state index < -0.39 is 0 Å². The van der Waals surface area contributed by atoms with Crippen molar-refractivity contribution in [2.75, 3.05) is 5.73 Å². The highest BCUT2D eigenvalue weighted by atomic mass is 15.5. The molecule has 164 valence electrons. The van der Waals surface area contributed by atoms with Gasteiger partial charge in [0.1, 0.15) is 0 Å². The van der Waals surface area contributed by atoms with Crippen LogP contribution in [0, 0.1) is 0 Å². The summed E-state index contributed by atoms with van der Waals surface area (Å²) in [5, 5.41) is 19.1. The summed E-state index contributed by atoms with van der Waals surface area (Å²) in [5.41, 5.74) is 11.8. The number of nitrogens with zero attached hydrogens (tertiary/aromatic N) is 6. The van der Waals surface area contributed by atoms with Crippen LogP contribution in [0.5, 0.6) is 0 Å². The maximum Gasteiger partial charge on any atom is 0.180 e. The van der Waals surface area contributed by atoms with Gasteiger partial charge in [0.2, 0.25) is 0 Å². The molecule has 0 unspecified atom stereocenters. The first-order valence-electron chi connectivity index (χ1n) is 10.8. The van der Waals surface area contributed by atoms with Crippen LogP contribution in [0.4, 0.5) is 5.69 Å². The van der Waals surface area contributed by atoms with Gasteiger partial charge in [0.15, 0.2) is 17.5 Å². The molecular weight excluding hydrogens is 412 g/mol. The van der Waals surface area contributed by atoms with Crippen LogP contribution >= 0.6 is 0 Å². The zero-order chi connectivity index (χ0) is 22.8. The van der Waals surface area contributed by atoms with Crippen LogP contribution in [-0.4, -0.2) is 35.4 Å². The summed E-state index contributed by atoms with van der Waals surface area (Å²) in [5.74, 6) is 2.55. The highest BCUT2D eigenvalue weighted by Gasteiger charge is 2.15. The first kappa shape index (κ1) is 20.6. The summed E-state index contributed by atoms with van der Waals surface area (Å²) in [7, 11) is 0. The largest absolute Gasteiger partial charge is 0.399 e. The number of H-pyrrole nitrogens is 1. The average Bonchev–Trinajstić information content (AvgIpc) is 3.51. The molecule has 5 rings (SSSR count). The lowest BCUT2D eigenvalue weighted by atomic mass is 9.98. The zero-order valence-electron chi connectivity index (χ0n) is 18.5. The number of nitrogens with two attached hydrogens (primary N) is 1. The number of nitrogen functional groups attached to an aromatic ring is 1. The van der Waals surface area contributed by atoms with Gasteiger partial charge in [-0.3, -0.25) is 0 Å². The third kappa shape index (κ3) is 4.23. The second kappa shape index (κ2) is 8.66. The lowest BCUT2D eigenvalue weighted by molar-refractivity contribution is 0.662. The molecule has 8 heteroatoms. The Morgan fingerprint density at radius 3 is 2.24 bits per heavy atom. The highest BCUT2D eigenvalue weighted by Crippen LogP contribution is 2.30. The molecule has 3 N–H and O–H groups in total. The van der Waals surface area contributed by atoms with Gasteiger partial charge in [-0.05, 0) is 51.4 Å². The van der Waals surface area contributed by atoms with Crippen LogP contribution < -0.4 is 5.73 Å². The van der Waals surface area contributed by atoms with E-state index >= 15 is 0 Å². The van der Waals surface area contributed by atoms with E-state index in [1.165, 1.54) is 0 Å². The molecule has 33 heavy (non-hydrogen) atoms. The van der Waals surface area contributed by atoms with Crippen molar-refractivity contribution in [2.24, 2.45) is 0 Å². The Labute approximate surface area is 191 Å². The minimum Gasteiger partial charge on any atom is -0.399 e. The normalized spacial score (nSPS) is 11.2. The summed E-state index contributed by atoms with van der Waals surface area (Å²) in [6.45, 7) is 4.82. The molecule has 2 heterocycles. The molecule has 0 radical (unpaired) electrons. The van der Waals surface area contributed by atoms with Crippen molar-refractivity contribution in [3.05, 3.63) is 84.2 Å². The van der Waals surface area contributed by atoms with Crippen LogP contribution in [-0.2, 0) is 6.54 Å². The number of tetrazole rings is 1. The third-order valence-corrected chi connectivity index (χ3v) is 5.50. The number of aromatic nitrogens is 7. The second-order valence-electron chi connectivity index (χ2n) is 8.22. The maximum atomic E-state index is 5.87. The molecule has 3 aromatic carbocycles. The molecule has 0 saturated heterocycles. The summed E-state index contributed by atoms with van der Waals surface area (Å²) in [6.07, 6.45) is 0. The summed E-state index contributed by atoms with van der Waals surface area (Å²) in [6, 6.07) is 24.3. The quantitative estimate of drug-likeness (QED) is 0.378. The summed E-state index contributed by atoms with van der Waals surface area (Å²) >= 11 is 0. The van der Waals surface area contributed by atoms with Crippen LogP contribution in [0.25, 0.3) is 33.9 Å². The van der Waals surface area contributed by atoms with Crippen LogP contribution in [0.3, 0.4) is 0 Å². The van der Waals surface area contributed by atoms with Crippen LogP contribution in [0.2, 0.25) is 0 Å². The summed E-state index contributed by atoms with van der Waals surface area (Å²) < 4.78 is 1.96. The molecule has 8 nitrogen and oxygen atoms in total. The number of anilines is 1. The fraction of sp³-hybridized carbons (Fsp3) is 0.160. The van der Waals surface area contributed by atoms with Gasteiger partial charge < -0.3 is 5.73 Å². The number of benzene rings is 3. The van der Waals surface area contributed by atoms with Gasteiger partial charge >= 0.3 is 0 Å². The Morgan fingerprint density at radius 2 is 1.58 bits per heavy atom. The average molecular weight is 437 g/mol. The van der Waals surface area contributed by atoms with Crippen molar-refractivity contribution >= 4 is 5.69 Å². The van der Waals surface area contributed by atoms with E-state index in [1.54, 1.807) is 0 Å². The molecule has 0 amide bonds. The SMILES string of the molecule is CC(C)c1nc(-c2ccc(N)cc2)n(Cc2ccc(-c3ccccc3-c3nnn[nH]3)cc2)n1. The number of rotatable bonds is 6. The zero-order valence-corrected chi connectivity index (χ0v) is 18.5. The lowest BCUT2D eigenvalue weighted by Gasteiger charge is -2.10. The monoisotopic (exact) mass is 436 g/mol. The Hall–Kier alpha value is -4.33. The van der Waals surface area contributed by atoms with Gasteiger partial charge in [0.25, 0.3) is 0 Å². The van der Waals surface area contributed by atoms with Gasteiger partial charge in [-0.1, -0.05) is 62.4 Å². The fourth-order valence-corrected chi connectivity index (χ4v) is 3.74. The number of hydrogen-bond donors (Lipinski definition) is 2. The molecule has 0 aliphatic rings. The first-order valence-corrected chi connectivity index (χ1v) is 10.8. The predicted molar refractivity (Wildman–Crippen MR) is 128 cm³/mol. The Bertz CT molecular complexity index is 1350. The Balaban J connectivity index is 1.46. The van der Waals surface area contributed by atoms with Gasteiger partial charge in [0, 0.05) is 22.7 Å². The van der Waals surface area contributed by atoms with Gasteiger partial charge in [-0.25, -0.2) is 14.8 Å². The molecule has 0 fully saturated rings. The predicted octanol–water partition coefficient (Wildman–Crippen LogP) is 4.55. The molecule has 0 saturated carbocycles. The fourth-order valence-electron chi connectivity index (χ4n) is 3.74. The van der Waals surface area contributed by atoms with Crippen molar-refractivity contribution < 1.29 is 0 Å². The van der Waals surface area contributed by atoms with Crippen LogP contribution in [0.15, 0.2) is 72.8 Å². The van der Waals surface area contributed by atoms with Crippen molar-refractivity contribution in [1.82, 2.24) is 35.4 Å². The van der Waals surface area contributed by atoms with Gasteiger partial charge in [0.05, 0.1) is 6.54 Å². The van der Waals surface area contributed by atoms with Crippen molar-refractivity contribution in [3.63, 3.8) is 0 Å². The summed E-state index contributed by atoms with van der Waals surface area (Å²) in [4.78, 5) is 4.80. The van der Waals surface area contributed by atoms with E-state index in [4.69, 9.17) is 15.8 Å². The standard InChI is InChI=1S/C25H24N8/c1-16(2)23-27-25(19-11-13-20(26)14-12-19)33(30-23)15-17-7-9-18(10-8-17)21-5-3-4-6-22(21)24-28-31-32-29-24/h3-14,16H,15,26H2,1-2H3,(H,28,29,31,32). The molecular formula is C25H24N8. The third-order valence-electron chi connectivity index (χ3n) is 5.50. The van der Waals surface area contributed by atoms with Gasteiger partial charge in [-0.2, -0.15) is 5.10 Å². The van der Waals surface area contributed by atoms with Gasteiger partial charge in [-0.15, -0.1) is 5.10 Å². The number of hydrogen-bond acceptors (Lipinski definition) is 6. The molecule has 0 bridgehead atoms. The molecule has 0 atom stereocenters. The van der Waals surface area contributed by atoms with Crippen molar-refractivity contribution in [2.45, 2.75) is 26.3 Å². The molecule has 5 aromatic rings. The second-order valence-corrected chi connectivity index (χ2v) is 8.22.